The molecule has 0 aliphatic heterocycles. The molecule has 0 aromatic carbocycles. The molecule has 0 aromatic heterocycles. The smallest absolute Gasteiger partial charge is 0.0298 e. The van der Waals surface area contributed by atoms with Gasteiger partial charge in [0.25, 0.3) is 0 Å². The summed E-state index contributed by atoms with van der Waals surface area (Å²) in [6, 6.07) is 0. The molecule has 0 unspecified atom stereocenters. The Bertz CT molecular complexity index is 140. The second-order valence-corrected chi connectivity index (χ2v) is 4.70. The van der Waals surface area contributed by atoms with Crippen molar-refractivity contribution < 1.29 is 0 Å². The summed E-state index contributed by atoms with van der Waals surface area (Å²) in [6.45, 7) is 6.37. The molecule has 0 aromatic rings. The first kappa shape index (κ1) is 12.0. The first-order valence-electron chi connectivity index (χ1n) is 6.21. The lowest BCUT2D eigenvalue weighted by Crippen LogP contribution is -2.50. The lowest BCUT2D eigenvalue weighted by atomic mass is 9.93. The first-order chi connectivity index (χ1) is 6.76. The molecule has 84 valence electrons. The number of hydrogen-bond donors (Lipinski definition) is 2. The van der Waals surface area contributed by atoms with E-state index in [4.69, 9.17) is 5.73 Å². The number of nitrogens with one attached hydrogen (secondary N) is 1. The van der Waals surface area contributed by atoms with Gasteiger partial charge in [0.15, 0.2) is 0 Å². The van der Waals surface area contributed by atoms with E-state index in [1.807, 2.05) is 0 Å². The fraction of sp³-hybridized carbons (Fsp3) is 1.00. The van der Waals surface area contributed by atoms with Crippen LogP contribution in [-0.2, 0) is 0 Å². The molecule has 14 heavy (non-hydrogen) atoms. The second kappa shape index (κ2) is 5.72. The lowest BCUT2D eigenvalue weighted by molar-refractivity contribution is 0.306. The number of hydrogen-bond acceptors (Lipinski definition) is 2. The van der Waals surface area contributed by atoms with Crippen molar-refractivity contribution in [3.05, 3.63) is 0 Å². The van der Waals surface area contributed by atoms with Gasteiger partial charge in [-0.3, -0.25) is 0 Å². The quantitative estimate of drug-likeness (QED) is 0.587. The van der Waals surface area contributed by atoms with Gasteiger partial charge >= 0.3 is 0 Å². The average Bonchev–Trinajstić information content (AvgIpc) is 3.03. The van der Waals surface area contributed by atoms with Crippen molar-refractivity contribution in [3.8, 4) is 0 Å². The van der Waals surface area contributed by atoms with Crippen LogP contribution in [-0.4, -0.2) is 18.6 Å². The van der Waals surface area contributed by atoms with Crippen LogP contribution in [0.5, 0.6) is 0 Å². The van der Waals surface area contributed by atoms with Gasteiger partial charge in [-0.05, 0) is 38.1 Å². The van der Waals surface area contributed by atoms with Crippen molar-refractivity contribution in [1.82, 2.24) is 5.32 Å². The Kier molecular flexibility index (Phi) is 4.90. The summed E-state index contributed by atoms with van der Waals surface area (Å²) in [7, 11) is 0. The molecule has 1 saturated carbocycles. The van der Waals surface area contributed by atoms with E-state index in [0.29, 0.717) is 0 Å². The van der Waals surface area contributed by atoms with Crippen LogP contribution >= 0.6 is 0 Å². The molecule has 0 amide bonds. The Morgan fingerprint density at radius 2 is 1.93 bits per heavy atom. The molecular weight excluding hydrogens is 172 g/mol. The Hall–Kier alpha value is -0.0800. The summed E-state index contributed by atoms with van der Waals surface area (Å²) >= 11 is 0. The number of nitrogens with two attached hydrogens (primary N) is 1. The SMILES string of the molecule is CCC(CC)(CN)NCCCC1CC1. The Morgan fingerprint density at radius 1 is 1.29 bits per heavy atom. The van der Waals surface area contributed by atoms with Gasteiger partial charge in [-0.15, -0.1) is 0 Å². The molecule has 0 saturated heterocycles. The zero-order valence-corrected chi connectivity index (χ0v) is 9.81. The number of rotatable bonds is 8. The van der Waals surface area contributed by atoms with Crippen molar-refractivity contribution in [3.63, 3.8) is 0 Å². The molecule has 0 spiro atoms. The van der Waals surface area contributed by atoms with Gasteiger partial charge < -0.3 is 11.1 Å². The highest BCUT2D eigenvalue weighted by Crippen LogP contribution is 2.33. The first-order valence-corrected chi connectivity index (χ1v) is 6.21. The van der Waals surface area contributed by atoms with Gasteiger partial charge in [0, 0.05) is 12.1 Å². The zero-order valence-electron chi connectivity index (χ0n) is 9.81. The molecule has 1 aliphatic carbocycles. The summed E-state index contributed by atoms with van der Waals surface area (Å²) in [5.41, 5.74) is 6.03. The fourth-order valence-electron chi connectivity index (χ4n) is 2.01. The van der Waals surface area contributed by atoms with E-state index < -0.39 is 0 Å². The van der Waals surface area contributed by atoms with Gasteiger partial charge in [-0.25, -0.2) is 0 Å². The van der Waals surface area contributed by atoms with Crippen molar-refractivity contribution >= 4 is 0 Å². The third-order valence-electron chi connectivity index (χ3n) is 3.73. The molecule has 0 radical (unpaired) electrons. The van der Waals surface area contributed by atoms with E-state index in [2.05, 4.69) is 19.2 Å². The highest BCUT2D eigenvalue weighted by atomic mass is 15.0. The zero-order chi connectivity index (χ0) is 10.4. The second-order valence-electron chi connectivity index (χ2n) is 4.70. The molecule has 3 N–H and O–H groups in total. The predicted molar refractivity (Wildman–Crippen MR) is 62.3 cm³/mol. The van der Waals surface area contributed by atoms with E-state index in [0.717, 1.165) is 31.8 Å². The Morgan fingerprint density at radius 3 is 2.36 bits per heavy atom. The molecular formula is C12H26N2. The normalized spacial score (nSPS) is 17.4. The summed E-state index contributed by atoms with van der Waals surface area (Å²) in [4.78, 5) is 0. The van der Waals surface area contributed by atoms with Crippen molar-refractivity contribution in [2.75, 3.05) is 13.1 Å². The molecule has 0 atom stereocenters. The average molecular weight is 198 g/mol. The van der Waals surface area contributed by atoms with Gasteiger partial charge in [0.05, 0.1) is 0 Å². The van der Waals surface area contributed by atoms with Crippen molar-refractivity contribution in [2.45, 2.75) is 57.9 Å². The van der Waals surface area contributed by atoms with Crippen molar-refractivity contribution in [1.29, 1.82) is 0 Å². The van der Waals surface area contributed by atoms with Gasteiger partial charge in [0.1, 0.15) is 0 Å². The monoisotopic (exact) mass is 198 g/mol. The third-order valence-corrected chi connectivity index (χ3v) is 3.73. The molecule has 1 fully saturated rings. The fourth-order valence-corrected chi connectivity index (χ4v) is 2.01. The lowest BCUT2D eigenvalue weighted by Gasteiger charge is -2.31. The van der Waals surface area contributed by atoms with Crippen molar-refractivity contribution in [2.24, 2.45) is 11.7 Å². The van der Waals surface area contributed by atoms with Gasteiger partial charge in [-0.1, -0.05) is 26.7 Å². The highest BCUT2D eigenvalue weighted by Gasteiger charge is 2.24. The van der Waals surface area contributed by atoms with E-state index in [1.54, 1.807) is 0 Å². The summed E-state index contributed by atoms with van der Waals surface area (Å²) in [5, 5.41) is 3.64. The van der Waals surface area contributed by atoms with Crippen LogP contribution < -0.4 is 11.1 Å². The van der Waals surface area contributed by atoms with Crippen LogP contribution in [0.3, 0.4) is 0 Å². The topological polar surface area (TPSA) is 38.0 Å². The van der Waals surface area contributed by atoms with Crippen LogP contribution in [0.2, 0.25) is 0 Å². The van der Waals surface area contributed by atoms with E-state index in [1.165, 1.54) is 25.7 Å². The highest BCUT2D eigenvalue weighted by molar-refractivity contribution is 4.86. The van der Waals surface area contributed by atoms with E-state index in [9.17, 15) is 0 Å². The Balaban J connectivity index is 2.11. The van der Waals surface area contributed by atoms with Gasteiger partial charge in [0.2, 0.25) is 0 Å². The molecule has 2 heteroatoms. The maximum Gasteiger partial charge on any atom is 0.0298 e. The maximum absolute atomic E-state index is 5.82. The maximum atomic E-state index is 5.82. The molecule has 2 nitrogen and oxygen atoms in total. The summed E-state index contributed by atoms with van der Waals surface area (Å²) in [6.07, 6.45) is 7.98. The van der Waals surface area contributed by atoms with Crippen LogP contribution in [0.1, 0.15) is 52.4 Å². The van der Waals surface area contributed by atoms with E-state index >= 15 is 0 Å². The third kappa shape index (κ3) is 3.58. The standard InChI is InChI=1S/C12H26N2/c1-3-12(4-2,10-13)14-9-5-6-11-7-8-11/h11,14H,3-10,13H2,1-2H3. The summed E-state index contributed by atoms with van der Waals surface area (Å²) < 4.78 is 0. The molecule has 1 aliphatic rings. The minimum Gasteiger partial charge on any atom is -0.329 e. The minimum absolute atomic E-state index is 0.212. The largest absolute Gasteiger partial charge is 0.329 e. The van der Waals surface area contributed by atoms with Crippen LogP contribution in [0, 0.1) is 5.92 Å². The van der Waals surface area contributed by atoms with Crippen LogP contribution in [0.4, 0.5) is 0 Å². The van der Waals surface area contributed by atoms with E-state index in [-0.39, 0.29) is 5.54 Å². The minimum atomic E-state index is 0.212. The van der Waals surface area contributed by atoms with Crippen LogP contribution in [0.15, 0.2) is 0 Å². The molecule has 0 bridgehead atoms. The predicted octanol–water partition coefficient (Wildman–Crippen LogP) is 2.28. The molecule has 0 heterocycles. The van der Waals surface area contributed by atoms with Crippen LogP contribution in [0.25, 0.3) is 0 Å². The van der Waals surface area contributed by atoms with Gasteiger partial charge in [-0.2, -0.15) is 0 Å². The summed E-state index contributed by atoms with van der Waals surface area (Å²) in [5.74, 6) is 1.06. The molecule has 1 rings (SSSR count). The Labute approximate surface area is 88.6 Å².